The fourth-order valence-electron chi connectivity index (χ4n) is 2.44. The molecule has 1 aliphatic carbocycles. The largest absolute Gasteiger partial charge is 0.480 e. The Kier molecular flexibility index (Phi) is 4.80. The van der Waals surface area contributed by atoms with Crippen LogP contribution in [-0.2, 0) is 20.9 Å². The van der Waals surface area contributed by atoms with Crippen LogP contribution in [0, 0.1) is 0 Å². The Balaban J connectivity index is 1.91. The number of amides is 1. The summed E-state index contributed by atoms with van der Waals surface area (Å²) in [6.07, 6.45) is 1.35. The summed E-state index contributed by atoms with van der Waals surface area (Å²) in [6.45, 7) is 0.0962. The average molecular weight is 293 g/mol. The molecule has 2 N–H and O–H groups in total. The van der Waals surface area contributed by atoms with Crippen LogP contribution in [0.3, 0.4) is 0 Å². The van der Waals surface area contributed by atoms with Gasteiger partial charge in [0.1, 0.15) is 6.61 Å². The lowest BCUT2D eigenvalue weighted by molar-refractivity contribution is -0.157. The third kappa shape index (κ3) is 3.52. The second kappa shape index (κ2) is 6.58. The van der Waals surface area contributed by atoms with Crippen molar-refractivity contribution < 1.29 is 24.2 Å². The molecule has 21 heavy (non-hydrogen) atoms. The number of hydrogen-bond donors (Lipinski definition) is 2. The summed E-state index contributed by atoms with van der Waals surface area (Å²) in [5.41, 5.74) is 0.0158. The first-order valence-corrected chi connectivity index (χ1v) is 6.82. The van der Waals surface area contributed by atoms with Crippen molar-refractivity contribution in [3.63, 3.8) is 0 Å². The van der Waals surface area contributed by atoms with E-state index in [4.69, 9.17) is 9.47 Å². The highest BCUT2D eigenvalue weighted by Gasteiger charge is 2.49. The van der Waals surface area contributed by atoms with Crippen LogP contribution in [0.15, 0.2) is 30.3 Å². The summed E-state index contributed by atoms with van der Waals surface area (Å²) in [4.78, 5) is 23.1. The van der Waals surface area contributed by atoms with E-state index in [-0.39, 0.29) is 6.61 Å². The fourth-order valence-corrected chi connectivity index (χ4v) is 2.44. The number of nitrogens with one attached hydrogen (secondary N) is 1. The second-order valence-corrected chi connectivity index (χ2v) is 5.10. The number of rotatable bonds is 6. The first kappa shape index (κ1) is 15.3. The van der Waals surface area contributed by atoms with E-state index in [1.54, 1.807) is 0 Å². The lowest BCUT2D eigenvalue weighted by atomic mass is 9.74. The number of benzene rings is 1. The first-order chi connectivity index (χ1) is 10.1. The molecule has 0 spiro atoms. The molecule has 0 saturated heterocycles. The van der Waals surface area contributed by atoms with Crippen LogP contribution < -0.4 is 5.32 Å². The maximum absolute atomic E-state index is 11.8. The van der Waals surface area contributed by atoms with Crippen LogP contribution in [0.5, 0.6) is 0 Å². The standard InChI is InChI=1S/C15H19NO5/c1-20-15(8-5-9-15)12(13(17)18)16-14(19)21-10-11-6-3-2-4-7-11/h2-4,6-7,12H,5,8-10H2,1H3,(H,16,19)(H,17,18). The van der Waals surface area contributed by atoms with Gasteiger partial charge >= 0.3 is 12.1 Å². The van der Waals surface area contributed by atoms with Crippen molar-refractivity contribution in [1.82, 2.24) is 5.32 Å². The number of ether oxygens (including phenoxy) is 2. The Labute approximate surface area is 123 Å². The van der Waals surface area contributed by atoms with E-state index in [2.05, 4.69) is 5.32 Å². The highest BCUT2D eigenvalue weighted by atomic mass is 16.6. The molecule has 0 radical (unpaired) electrons. The summed E-state index contributed by atoms with van der Waals surface area (Å²) < 4.78 is 10.4. The van der Waals surface area contributed by atoms with Gasteiger partial charge in [-0.25, -0.2) is 9.59 Å². The van der Waals surface area contributed by atoms with Crippen LogP contribution >= 0.6 is 0 Å². The molecule has 114 valence electrons. The highest BCUT2D eigenvalue weighted by Crippen LogP contribution is 2.38. The average Bonchev–Trinajstić information content (AvgIpc) is 2.44. The molecule has 0 heterocycles. The van der Waals surface area contributed by atoms with E-state index in [0.717, 1.165) is 12.0 Å². The molecular formula is C15H19NO5. The van der Waals surface area contributed by atoms with Crippen molar-refractivity contribution in [2.75, 3.05) is 7.11 Å². The normalized spacial score (nSPS) is 17.4. The molecule has 1 aromatic carbocycles. The number of carboxylic acid groups (broad SMARTS) is 1. The summed E-state index contributed by atoms with van der Waals surface area (Å²) in [5, 5.41) is 11.7. The van der Waals surface area contributed by atoms with E-state index >= 15 is 0 Å². The van der Waals surface area contributed by atoms with E-state index < -0.39 is 23.7 Å². The van der Waals surface area contributed by atoms with Crippen LogP contribution in [0.1, 0.15) is 24.8 Å². The van der Waals surface area contributed by atoms with Crippen LogP contribution in [0.2, 0.25) is 0 Å². The summed E-state index contributed by atoms with van der Waals surface area (Å²) in [7, 11) is 1.46. The highest BCUT2D eigenvalue weighted by molar-refractivity contribution is 5.81. The third-order valence-corrected chi connectivity index (χ3v) is 3.85. The van der Waals surface area contributed by atoms with E-state index in [9.17, 15) is 14.7 Å². The van der Waals surface area contributed by atoms with Gasteiger partial charge in [0.05, 0.1) is 5.60 Å². The van der Waals surface area contributed by atoms with Crippen molar-refractivity contribution in [2.24, 2.45) is 0 Å². The van der Waals surface area contributed by atoms with Crippen LogP contribution in [-0.4, -0.2) is 35.9 Å². The van der Waals surface area contributed by atoms with E-state index in [1.807, 2.05) is 30.3 Å². The van der Waals surface area contributed by atoms with Gasteiger partial charge in [0.2, 0.25) is 0 Å². The molecule has 1 aromatic rings. The van der Waals surface area contributed by atoms with Crippen molar-refractivity contribution in [3.05, 3.63) is 35.9 Å². The summed E-state index contributed by atoms with van der Waals surface area (Å²) in [5.74, 6) is -1.12. The minimum Gasteiger partial charge on any atom is -0.480 e. The van der Waals surface area contributed by atoms with Gasteiger partial charge in [0.25, 0.3) is 0 Å². The monoisotopic (exact) mass is 293 g/mol. The Morgan fingerprint density at radius 2 is 2.00 bits per heavy atom. The second-order valence-electron chi connectivity index (χ2n) is 5.10. The number of hydrogen-bond acceptors (Lipinski definition) is 4. The first-order valence-electron chi connectivity index (χ1n) is 6.82. The zero-order valence-electron chi connectivity index (χ0n) is 11.9. The van der Waals surface area contributed by atoms with Gasteiger partial charge in [0.15, 0.2) is 6.04 Å². The maximum atomic E-state index is 11.8. The predicted molar refractivity (Wildman–Crippen MR) is 74.8 cm³/mol. The lowest BCUT2D eigenvalue weighted by Gasteiger charge is -2.44. The fraction of sp³-hybridized carbons (Fsp3) is 0.467. The number of carboxylic acids is 1. The molecule has 1 aliphatic rings. The number of alkyl carbamates (subject to hydrolysis) is 1. The molecule has 0 bridgehead atoms. The zero-order chi connectivity index (χ0) is 15.3. The molecule has 6 heteroatoms. The third-order valence-electron chi connectivity index (χ3n) is 3.85. The zero-order valence-corrected chi connectivity index (χ0v) is 11.9. The molecule has 0 aromatic heterocycles. The predicted octanol–water partition coefficient (Wildman–Crippen LogP) is 1.94. The van der Waals surface area contributed by atoms with Gasteiger partial charge in [-0.2, -0.15) is 0 Å². The summed E-state index contributed by atoms with van der Waals surface area (Å²) >= 11 is 0. The molecule has 2 rings (SSSR count). The van der Waals surface area contributed by atoms with Crippen molar-refractivity contribution in [3.8, 4) is 0 Å². The topological polar surface area (TPSA) is 84.9 Å². The Morgan fingerprint density at radius 3 is 2.48 bits per heavy atom. The van der Waals surface area contributed by atoms with Gasteiger partial charge in [-0.15, -0.1) is 0 Å². The van der Waals surface area contributed by atoms with Gasteiger partial charge in [0, 0.05) is 7.11 Å². The van der Waals surface area contributed by atoms with Gasteiger partial charge in [-0.1, -0.05) is 30.3 Å². The molecule has 0 aliphatic heterocycles. The molecular weight excluding hydrogens is 274 g/mol. The Hall–Kier alpha value is -2.08. The minimum absolute atomic E-state index is 0.0962. The SMILES string of the molecule is COC1(C(NC(=O)OCc2ccccc2)C(=O)O)CCC1. The number of methoxy groups -OCH3 is 1. The quantitative estimate of drug-likeness (QED) is 0.837. The number of carbonyl (C=O) groups excluding carboxylic acids is 1. The molecule has 1 fully saturated rings. The number of aliphatic carboxylic acids is 1. The Morgan fingerprint density at radius 1 is 1.33 bits per heavy atom. The summed E-state index contributed by atoms with van der Waals surface area (Å²) in [6, 6.07) is 8.09. The van der Waals surface area contributed by atoms with E-state index in [0.29, 0.717) is 12.8 Å². The van der Waals surface area contributed by atoms with Crippen LogP contribution in [0.25, 0.3) is 0 Å². The molecule has 6 nitrogen and oxygen atoms in total. The van der Waals surface area contributed by atoms with Crippen molar-refractivity contribution >= 4 is 12.1 Å². The molecule has 1 saturated carbocycles. The minimum atomic E-state index is -1.12. The molecule has 1 atom stereocenters. The lowest BCUT2D eigenvalue weighted by Crippen LogP contribution is -2.61. The Bertz CT molecular complexity index is 493. The van der Waals surface area contributed by atoms with Gasteiger partial charge < -0.3 is 19.9 Å². The van der Waals surface area contributed by atoms with Gasteiger partial charge in [-0.05, 0) is 24.8 Å². The maximum Gasteiger partial charge on any atom is 0.408 e. The van der Waals surface area contributed by atoms with Crippen molar-refractivity contribution in [2.45, 2.75) is 37.5 Å². The molecule has 1 unspecified atom stereocenters. The van der Waals surface area contributed by atoms with E-state index in [1.165, 1.54) is 7.11 Å². The van der Waals surface area contributed by atoms with Gasteiger partial charge in [-0.3, -0.25) is 0 Å². The van der Waals surface area contributed by atoms with Crippen molar-refractivity contribution in [1.29, 1.82) is 0 Å². The number of carbonyl (C=O) groups is 2. The smallest absolute Gasteiger partial charge is 0.408 e. The molecule has 1 amide bonds. The van der Waals surface area contributed by atoms with Crippen LogP contribution in [0.4, 0.5) is 4.79 Å².